The van der Waals surface area contributed by atoms with Gasteiger partial charge in [-0.1, -0.05) is 12.1 Å². The molecule has 0 saturated carbocycles. The normalized spacial score (nSPS) is 10.7. The first-order valence-corrected chi connectivity index (χ1v) is 8.24. The van der Waals surface area contributed by atoms with Crippen LogP contribution in [0.5, 0.6) is 0 Å². The molecule has 8 heteroatoms. The van der Waals surface area contributed by atoms with E-state index in [0.29, 0.717) is 17.2 Å². The standard InChI is InChI=1S/C19H16N6O2/c1-12-17(25-10-3-2-7-16(25)21-12)15-8-9-20-19(23-15)22-14-6-4-5-13(11-14)18(26)24-27/h2-11,27H,1H3,(H,24,26)(H,20,22,23). The van der Waals surface area contributed by atoms with Gasteiger partial charge in [0.2, 0.25) is 5.95 Å². The van der Waals surface area contributed by atoms with Gasteiger partial charge in [-0.05, 0) is 43.3 Å². The van der Waals surface area contributed by atoms with Crippen molar-refractivity contribution in [1.29, 1.82) is 0 Å². The fourth-order valence-corrected chi connectivity index (χ4v) is 2.90. The first-order valence-electron chi connectivity index (χ1n) is 8.24. The van der Waals surface area contributed by atoms with Crippen molar-refractivity contribution < 1.29 is 10.0 Å². The van der Waals surface area contributed by atoms with Crippen LogP contribution in [0.4, 0.5) is 11.6 Å². The van der Waals surface area contributed by atoms with Crippen molar-refractivity contribution in [3.05, 3.63) is 72.2 Å². The van der Waals surface area contributed by atoms with Gasteiger partial charge in [-0.3, -0.25) is 14.4 Å². The number of hydrogen-bond donors (Lipinski definition) is 3. The van der Waals surface area contributed by atoms with Crippen LogP contribution in [0.25, 0.3) is 17.0 Å². The van der Waals surface area contributed by atoms with Crippen LogP contribution in [0.1, 0.15) is 16.1 Å². The molecular weight excluding hydrogens is 344 g/mol. The zero-order valence-electron chi connectivity index (χ0n) is 14.4. The van der Waals surface area contributed by atoms with E-state index < -0.39 is 5.91 Å². The maximum absolute atomic E-state index is 11.6. The summed E-state index contributed by atoms with van der Waals surface area (Å²) in [7, 11) is 0. The highest BCUT2D eigenvalue weighted by Gasteiger charge is 2.13. The molecule has 1 amide bonds. The number of aryl methyl sites for hydroxylation is 1. The van der Waals surface area contributed by atoms with Gasteiger partial charge in [-0.25, -0.2) is 20.4 Å². The number of anilines is 2. The van der Waals surface area contributed by atoms with Gasteiger partial charge in [-0.15, -0.1) is 0 Å². The minimum atomic E-state index is -0.588. The van der Waals surface area contributed by atoms with Crippen LogP contribution in [-0.2, 0) is 0 Å². The molecule has 3 heterocycles. The number of benzene rings is 1. The number of aromatic nitrogens is 4. The molecule has 0 bridgehead atoms. The summed E-state index contributed by atoms with van der Waals surface area (Å²) in [6.07, 6.45) is 3.60. The third-order valence-electron chi connectivity index (χ3n) is 4.08. The summed E-state index contributed by atoms with van der Waals surface area (Å²) in [6, 6.07) is 14.3. The lowest BCUT2D eigenvalue weighted by Crippen LogP contribution is -2.18. The molecule has 3 N–H and O–H groups in total. The maximum atomic E-state index is 11.6. The van der Waals surface area contributed by atoms with Crippen molar-refractivity contribution >= 4 is 23.2 Å². The first-order chi connectivity index (χ1) is 13.2. The van der Waals surface area contributed by atoms with Gasteiger partial charge in [0.25, 0.3) is 5.91 Å². The van der Waals surface area contributed by atoms with Crippen molar-refractivity contribution in [2.75, 3.05) is 5.32 Å². The Bertz CT molecular complexity index is 1140. The molecule has 27 heavy (non-hydrogen) atoms. The van der Waals surface area contributed by atoms with Crippen molar-refractivity contribution in [3.63, 3.8) is 0 Å². The number of pyridine rings is 1. The number of amides is 1. The van der Waals surface area contributed by atoms with Gasteiger partial charge in [0.1, 0.15) is 5.65 Å². The number of carbonyl (C=O) groups excluding carboxylic acids is 1. The lowest BCUT2D eigenvalue weighted by atomic mass is 10.2. The minimum Gasteiger partial charge on any atom is -0.324 e. The number of rotatable bonds is 4. The van der Waals surface area contributed by atoms with E-state index in [4.69, 9.17) is 5.21 Å². The average molecular weight is 360 g/mol. The Morgan fingerprint density at radius 3 is 2.85 bits per heavy atom. The number of nitrogens with one attached hydrogen (secondary N) is 2. The van der Waals surface area contributed by atoms with Crippen LogP contribution in [0, 0.1) is 6.92 Å². The van der Waals surface area contributed by atoms with Crippen molar-refractivity contribution in [1.82, 2.24) is 24.8 Å². The molecule has 0 atom stereocenters. The Labute approximate surface area is 154 Å². The Morgan fingerprint density at radius 2 is 2.00 bits per heavy atom. The summed E-state index contributed by atoms with van der Waals surface area (Å²) in [5.74, 6) is -0.200. The fraction of sp³-hybridized carbons (Fsp3) is 0.0526. The van der Waals surface area contributed by atoms with E-state index in [1.54, 1.807) is 35.9 Å². The Morgan fingerprint density at radius 1 is 1.11 bits per heavy atom. The summed E-state index contributed by atoms with van der Waals surface area (Å²) in [5.41, 5.74) is 5.90. The van der Waals surface area contributed by atoms with Crippen molar-refractivity contribution in [2.45, 2.75) is 6.92 Å². The van der Waals surface area contributed by atoms with E-state index in [1.807, 2.05) is 41.8 Å². The quantitative estimate of drug-likeness (QED) is 0.382. The second kappa shape index (κ2) is 6.85. The van der Waals surface area contributed by atoms with Crippen LogP contribution >= 0.6 is 0 Å². The summed E-state index contributed by atoms with van der Waals surface area (Å²) < 4.78 is 1.98. The summed E-state index contributed by atoms with van der Waals surface area (Å²) in [5, 5.41) is 11.9. The number of imidazole rings is 1. The Hall–Kier alpha value is -3.78. The number of nitrogens with zero attached hydrogens (tertiary/aromatic N) is 4. The lowest BCUT2D eigenvalue weighted by Gasteiger charge is -2.08. The van der Waals surface area contributed by atoms with Gasteiger partial charge in [0.05, 0.1) is 17.1 Å². The predicted molar refractivity (Wildman–Crippen MR) is 99.9 cm³/mol. The molecule has 0 spiro atoms. The monoisotopic (exact) mass is 360 g/mol. The molecular formula is C19H16N6O2. The number of hydrogen-bond acceptors (Lipinski definition) is 6. The molecule has 0 unspecified atom stereocenters. The highest BCUT2D eigenvalue weighted by molar-refractivity contribution is 5.94. The molecule has 8 nitrogen and oxygen atoms in total. The van der Waals surface area contributed by atoms with E-state index in [0.717, 1.165) is 22.7 Å². The number of hydroxylamine groups is 1. The molecule has 4 rings (SSSR count). The van der Waals surface area contributed by atoms with Gasteiger partial charge in [-0.2, -0.15) is 0 Å². The third-order valence-corrected chi connectivity index (χ3v) is 4.08. The average Bonchev–Trinajstić information content (AvgIpc) is 3.03. The Balaban J connectivity index is 1.69. The molecule has 3 aromatic heterocycles. The van der Waals surface area contributed by atoms with Crippen LogP contribution < -0.4 is 10.8 Å². The van der Waals surface area contributed by atoms with Crippen LogP contribution in [0.3, 0.4) is 0 Å². The van der Waals surface area contributed by atoms with E-state index in [2.05, 4.69) is 20.3 Å². The molecule has 0 saturated heterocycles. The van der Waals surface area contributed by atoms with Gasteiger partial charge < -0.3 is 5.32 Å². The summed E-state index contributed by atoms with van der Waals surface area (Å²) in [6.45, 7) is 1.94. The van der Waals surface area contributed by atoms with E-state index in [9.17, 15) is 4.79 Å². The van der Waals surface area contributed by atoms with Crippen LogP contribution in [0.15, 0.2) is 60.9 Å². The molecule has 134 valence electrons. The first kappa shape index (κ1) is 16.7. The van der Waals surface area contributed by atoms with Crippen molar-refractivity contribution in [3.8, 4) is 11.4 Å². The molecule has 0 aliphatic carbocycles. The second-order valence-electron chi connectivity index (χ2n) is 5.89. The summed E-state index contributed by atoms with van der Waals surface area (Å²) in [4.78, 5) is 24.9. The fourth-order valence-electron chi connectivity index (χ4n) is 2.90. The number of carbonyl (C=O) groups is 1. The zero-order valence-corrected chi connectivity index (χ0v) is 14.4. The molecule has 4 aromatic rings. The van der Waals surface area contributed by atoms with Crippen LogP contribution in [-0.4, -0.2) is 30.5 Å². The second-order valence-corrected chi connectivity index (χ2v) is 5.89. The van der Waals surface area contributed by atoms with Crippen molar-refractivity contribution in [2.24, 2.45) is 0 Å². The predicted octanol–water partition coefficient (Wildman–Crippen LogP) is 2.96. The molecule has 0 aliphatic rings. The molecule has 0 radical (unpaired) electrons. The highest BCUT2D eigenvalue weighted by Crippen LogP contribution is 2.24. The lowest BCUT2D eigenvalue weighted by molar-refractivity contribution is 0.0706. The van der Waals surface area contributed by atoms with Gasteiger partial charge in [0.15, 0.2) is 0 Å². The molecule has 0 fully saturated rings. The zero-order chi connectivity index (χ0) is 18.8. The van der Waals surface area contributed by atoms with Crippen LogP contribution in [0.2, 0.25) is 0 Å². The number of fused-ring (bicyclic) bond motifs is 1. The Kier molecular flexibility index (Phi) is 4.23. The maximum Gasteiger partial charge on any atom is 0.274 e. The third kappa shape index (κ3) is 3.21. The van der Waals surface area contributed by atoms with Gasteiger partial charge >= 0.3 is 0 Å². The van der Waals surface area contributed by atoms with E-state index in [1.165, 1.54) is 0 Å². The van der Waals surface area contributed by atoms with E-state index >= 15 is 0 Å². The largest absolute Gasteiger partial charge is 0.324 e. The minimum absolute atomic E-state index is 0.316. The van der Waals surface area contributed by atoms with E-state index in [-0.39, 0.29) is 0 Å². The molecule has 0 aliphatic heterocycles. The topological polar surface area (TPSA) is 104 Å². The summed E-state index contributed by atoms with van der Waals surface area (Å²) >= 11 is 0. The molecule has 1 aromatic carbocycles. The smallest absolute Gasteiger partial charge is 0.274 e. The van der Waals surface area contributed by atoms with Gasteiger partial charge in [0, 0.05) is 23.6 Å². The SMILES string of the molecule is Cc1nc2ccccn2c1-c1ccnc(Nc2cccc(C(=O)NO)c2)n1. The highest BCUT2D eigenvalue weighted by atomic mass is 16.5.